The zero-order chi connectivity index (χ0) is 22.1. The number of aryl methyl sites for hydroxylation is 1. The lowest BCUT2D eigenvalue weighted by molar-refractivity contribution is -0.137. The van der Waals surface area contributed by atoms with Crippen LogP contribution in [0.2, 0.25) is 0 Å². The van der Waals surface area contributed by atoms with Crippen molar-refractivity contribution in [2.24, 2.45) is 12.0 Å². The highest BCUT2D eigenvalue weighted by Gasteiger charge is 2.45. The summed E-state index contributed by atoms with van der Waals surface area (Å²) in [6.07, 6.45) is 1.02. The zero-order valence-corrected chi connectivity index (χ0v) is 17.8. The third-order valence-electron chi connectivity index (χ3n) is 5.98. The van der Waals surface area contributed by atoms with Crippen molar-refractivity contribution in [2.75, 3.05) is 32.8 Å². The predicted molar refractivity (Wildman–Crippen MR) is 112 cm³/mol. The Hall–Kier alpha value is -2.55. The van der Waals surface area contributed by atoms with Gasteiger partial charge in [0.05, 0.1) is 31.5 Å². The van der Waals surface area contributed by atoms with Gasteiger partial charge in [-0.1, -0.05) is 18.2 Å². The fourth-order valence-corrected chi connectivity index (χ4v) is 4.02. The van der Waals surface area contributed by atoms with Gasteiger partial charge in [-0.25, -0.2) is 0 Å². The lowest BCUT2D eigenvalue weighted by Crippen LogP contribution is -2.48. The van der Waals surface area contributed by atoms with Gasteiger partial charge in [-0.3, -0.25) is 9.67 Å². The molecule has 1 saturated heterocycles. The molecule has 1 atom stereocenters. The first-order valence-electron chi connectivity index (χ1n) is 10.6. The van der Waals surface area contributed by atoms with Crippen LogP contribution < -0.4 is 5.32 Å². The van der Waals surface area contributed by atoms with E-state index in [9.17, 15) is 13.2 Å². The summed E-state index contributed by atoms with van der Waals surface area (Å²) in [5, 5.41) is 7.56. The number of aromatic nitrogens is 2. The van der Waals surface area contributed by atoms with E-state index in [0.29, 0.717) is 32.8 Å². The molecule has 0 spiro atoms. The topological polar surface area (TPSA) is 54.7 Å². The summed E-state index contributed by atoms with van der Waals surface area (Å²) >= 11 is 0. The number of benzene rings is 1. The third kappa shape index (κ3) is 4.87. The molecule has 0 amide bonds. The Morgan fingerprint density at radius 1 is 1.35 bits per heavy atom. The van der Waals surface area contributed by atoms with Crippen LogP contribution in [0.25, 0.3) is 0 Å². The molecule has 168 valence electrons. The quantitative estimate of drug-likeness (QED) is 0.577. The van der Waals surface area contributed by atoms with Gasteiger partial charge in [-0.2, -0.15) is 18.3 Å². The molecule has 1 aliphatic heterocycles. The fourth-order valence-electron chi connectivity index (χ4n) is 4.02. The van der Waals surface area contributed by atoms with Crippen LogP contribution in [-0.4, -0.2) is 53.4 Å². The molecule has 1 unspecified atom stereocenters. The van der Waals surface area contributed by atoms with Crippen molar-refractivity contribution < 1.29 is 17.9 Å². The summed E-state index contributed by atoms with van der Waals surface area (Å²) in [7, 11) is 1.87. The van der Waals surface area contributed by atoms with Crippen LogP contribution >= 0.6 is 0 Å². The molecule has 2 heterocycles. The molecular weight excluding hydrogens is 407 g/mol. The van der Waals surface area contributed by atoms with E-state index in [0.717, 1.165) is 36.0 Å². The summed E-state index contributed by atoms with van der Waals surface area (Å²) in [4.78, 5) is 7.01. The molecule has 2 fully saturated rings. The highest BCUT2D eigenvalue weighted by atomic mass is 19.4. The van der Waals surface area contributed by atoms with E-state index in [-0.39, 0.29) is 11.5 Å². The Morgan fingerprint density at radius 2 is 2.16 bits per heavy atom. The van der Waals surface area contributed by atoms with Crippen LogP contribution in [0.15, 0.2) is 41.7 Å². The zero-order valence-electron chi connectivity index (χ0n) is 17.8. The maximum absolute atomic E-state index is 13.1. The van der Waals surface area contributed by atoms with Crippen molar-refractivity contribution in [1.82, 2.24) is 20.0 Å². The second kappa shape index (κ2) is 8.53. The van der Waals surface area contributed by atoms with Crippen molar-refractivity contribution in [2.45, 2.75) is 37.5 Å². The number of aliphatic imine (C=N–C) groups is 1. The molecule has 1 aromatic heterocycles. The first-order valence-corrected chi connectivity index (χ1v) is 10.6. The number of hydrogen-bond donors (Lipinski definition) is 1. The number of ether oxygens (including phenoxy) is 1. The van der Waals surface area contributed by atoms with Gasteiger partial charge in [0.1, 0.15) is 6.10 Å². The number of rotatable bonds is 5. The van der Waals surface area contributed by atoms with Crippen molar-refractivity contribution in [1.29, 1.82) is 0 Å². The van der Waals surface area contributed by atoms with Gasteiger partial charge >= 0.3 is 6.18 Å². The lowest BCUT2D eigenvalue weighted by Gasteiger charge is -2.35. The van der Waals surface area contributed by atoms with Gasteiger partial charge in [0.25, 0.3) is 0 Å². The summed E-state index contributed by atoms with van der Waals surface area (Å²) in [6, 6.07) is 5.69. The van der Waals surface area contributed by atoms with Crippen molar-refractivity contribution >= 4 is 5.96 Å². The molecule has 0 bridgehead atoms. The van der Waals surface area contributed by atoms with Crippen LogP contribution in [0.4, 0.5) is 13.2 Å². The van der Waals surface area contributed by atoms with Crippen molar-refractivity contribution in [3.05, 3.63) is 53.3 Å². The molecule has 1 aromatic carbocycles. The van der Waals surface area contributed by atoms with Crippen LogP contribution in [0.1, 0.15) is 42.6 Å². The molecule has 0 radical (unpaired) electrons. The standard InChI is InChI=1S/C22H28F3N5O/c1-3-26-20(30-9-10-31-19(14-30)16-12-28-29(2)13-16)27-15-21(7-8-21)17-5-4-6-18(11-17)22(23,24)25/h4-6,11-13,19H,3,7-10,14-15H2,1-2H3,(H,26,27). The molecule has 1 aliphatic carbocycles. The Kier molecular flexibility index (Phi) is 5.96. The number of nitrogens with zero attached hydrogens (tertiary/aromatic N) is 4. The van der Waals surface area contributed by atoms with E-state index in [4.69, 9.17) is 9.73 Å². The molecular formula is C22H28F3N5O. The Morgan fingerprint density at radius 3 is 2.81 bits per heavy atom. The molecule has 1 saturated carbocycles. The van der Waals surface area contributed by atoms with Gasteiger partial charge in [0, 0.05) is 37.3 Å². The molecule has 2 aliphatic rings. The van der Waals surface area contributed by atoms with Gasteiger partial charge in [-0.15, -0.1) is 0 Å². The van der Waals surface area contributed by atoms with E-state index in [1.54, 1.807) is 10.7 Å². The minimum Gasteiger partial charge on any atom is -0.370 e. The molecule has 4 rings (SSSR count). The summed E-state index contributed by atoms with van der Waals surface area (Å²) in [6.45, 7) is 5.11. The van der Waals surface area contributed by atoms with Gasteiger partial charge < -0.3 is 15.0 Å². The van der Waals surface area contributed by atoms with Crippen LogP contribution in [0, 0.1) is 0 Å². The fraction of sp³-hybridized carbons (Fsp3) is 0.545. The average Bonchev–Trinajstić information content (AvgIpc) is 3.43. The Bertz CT molecular complexity index is 935. The molecule has 31 heavy (non-hydrogen) atoms. The highest BCUT2D eigenvalue weighted by Crippen LogP contribution is 2.49. The largest absolute Gasteiger partial charge is 0.416 e. The average molecular weight is 435 g/mol. The second-order valence-electron chi connectivity index (χ2n) is 8.28. The van der Waals surface area contributed by atoms with Gasteiger partial charge in [0.15, 0.2) is 5.96 Å². The summed E-state index contributed by atoms with van der Waals surface area (Å²) < 4.78 is 47.1. The molecule has 1 N–H and O–H groups in total. The van der Waals surface area contributed by atoms with Crippen LogP contribution in [0.5, 0.6) is 0 Å². The van der Waals surface area contributed by atoms with Crippen LogP contribution in [0.3, 0.4) is 0 Å². The SMILES string of the molecule is CCNC(=NCC1(c2cccc(C(F)(F)F)c2)CC1)N1CCOC(c2cnn(C)c2)C1. The normalized spacial score (nSPS) is 21.3. The number of halogens is 3. The van der Waals surface area contributed by atoms with Crippen LogP contribution in [-0.2, 0) is 23.4 Å². The predicted octanol–water partition coefficient (Wildman–Crippen LogP) is 3.51. The number of nitrogens with one attached hydrogen (secondary N) is 1. The molecule has 6 nitrogen and oxygen atoms in total. The maximum Gasteiger partial charge on any atom is 0.416 e. The van der Waals surface area contributed by atoms with E-state index in [1.807, 2.05) is 26.4 Å². The van der Waals surface area contributed by atoms with Crippen molar-refractivity contribution in [3.8, 4) is 0 Å². The number of alkyl halides is 3. The number of morpholine rings is 1. The van der Waals surface area contributed by atoms with Gasteiger partial charge in [0.2, 0.25) is 0 Å². The van der Waals surface area contributed by atoms with E-state index < -0.39 is 11.7 Å². The third-order valence-corrected chi connectivity index (χ3v) is 5.98. The minimum absolute atomic E-state index is 0.0929. The highest BCUT2D eigenvalue weighted by molar-refractivity contribution is 5.80. The number of guanidine groups is 1. The summed E-state index contributed by atoms with van der Waals surface area (Å²) in [5.41, 5.74) is 0.833. The molecule has 2 aromatic rings. The molecule has 9 heteroatoms. The summed E-state index contributed by atoms with van der Waals surface area (Å²) in [5.74, 6) is 0.776. The van der Waals surface area contributed by atoms with E-state index in [1.165, 1.54) is 12.1 Å². The first-order chi connectivity index (χ1) is 14.8. The number of hydrogen-bond acceptors (Lipinski definition) is 3. The Balaban J connectivity index is 1.50. The van der Waals surface area contributed by atoms with E-state index >= 15 is 0 Å². The second-order valence-corrected chi connectivity index (χ2v) is 8.28. The first kappa shape index (κ1) is 21.7. The smallest absolute Gasteiger partial charge is 0.370 e. The van der Waals surface area contributed by atoms with Crippen molar-refractivity contribution in [3.63, 3.8) is 0 Å². The minimum atomic E-state index is -4.33. The van der Waals surface area contributed by atoms with Gasteiger partial charge in [-0.05, 0) is 31.4 Å². The maximum atomic E-state index is 13.1. The monoisotopic (exact) mass is 435 g/mol. The van der Waals surface area contributed by atoms with E-state index in [2.05, 4.69) is 15.3 Å². The Labute approximate surface area is 180 Å². The lowest BCUT2D eigenvalue weighted by atomic mass is 9.94.